The molecule has 1 heterocycles. The van der Waals surface area contributed by atoms with Gasteiger partial charge in [0.1, 0.15) is 5.75 Å². The van der Waals surface area contributed by atoms with Crippen LogP contribution >= 0.6 is 27.5 Å². The molecule has 28 heavy (non-hydrogen) atoms. The molecule has 0 bridgehead atoms. The number of amides is 2. The lowest BCUT2D eigenvalue weighted by molar-refractivity contribution is -0.129. The zero-order valence-corrected chi connectivity index (χ0v) is 18.0. The van der Waals surface area contributed by atoms with E-state index in [-0.39, 0.29) is 11.8 Å². The van der Waals surface area contributed by atoms with Crippen molar-refractivity contribution in [2.45, 2.75) is 6.92 Å². The van der Waals surface area contributed by atoms with Crippen LogP contribution in [0.2, 0.25) is 5.02 Å². The summed E-state index contributed by atoms with van der Waals surface area (Å²) in [7, 11) is 1.57. The van der Waals surface area contributed by atoms with E-state index in [0.29, 0.717) is 39.6 Å². The maximum absolute atomic E-state index is 12.5. The Hall–Kier alpha value is -2.25. The van der Waals surface area contributed by atoms with Crippen molar-refractivity contribution >= 4 is 50.7 Å². The number of rotatable bonds is 4. The average molecular weight is 467 g/mol. The molecule has 2 aromatic rings. The fourth-order valence-corrected chi connectivity index (χ4v) is 3.95. The van der Waals surface area contributed by atoms with Crippen LogP contribution in [0.3, 0.4) is 0 Å². The van der Waals surface area contributed by atoms with E-state index < -0.39 is 0 Å². The Morgan fingerprint density at radius 3 is 2.39 bits per heavy atom. The van der Waals surface area contributed by atoms with Crippen molar-refractivity contribution in [3.05, 3.63) is 51.5 Å². The minimum absolute atomic E-state index is 0.0916. The molecule has 6 nitrogen and oxygen atoms in total. The molecule has 0 aliphatic carbocycles. The summed E-state index contributed by atoms with van der Waals surface area (Å²) in [5.74, 6) is 0.519. The van der Waals surface area contributed by atoms with Crippen LogP contribution in [-0.2, 0) is 4.79 Å². The van der Waals surface area contributed by atoms with Crippen molar-refractivity contribution in [2.75, 3.05) is 43.5 Å². The minimum atomic E-state index is -0.234. The van der Waals surface area contributed by atoms with Gasteiger partial charge in [0, 0.05) is 44.4 Å². The Kier molecular flexibility index (Phi) is 6.46. The maximum atomic E-state index is 12.5. The molecule has 1 aliphatic rings. The highest BCUT2D eigenvalue weighted by Gasteiger charge is 2.20. The van der Waals surface area contributed by atoms with E-state index in [9.17, 15) is 9.59 Å². The van der Waals surface area contributed by atoms with Crippen LogP contribution < -0.4 is 15.0 Å². The fraction of sp³-hybridized carbons (Fsp3) is 0.300. The molecule has 148 valence electrons. The molecule has 0 atom stereocenters. The molecule has 0 spiro atoms. The Morgan fingerprint density at radius 2 is 1.82 bits per heavy atom. The van der Waals surface area contributed by atoms with Crippen LogP contribution in [0.15, 0.2) is 40.9 Å². The molecular formula is C20H21BrClN3O3. The number of hydrogen-bond acceptors (Lipinski definition) is 4. The molecule has 2 aromatic carbocycles. The summed E-state index contributed by atoms with van der Waals surface area (Å²) in [6.07, 6.45) is 0. The number of nitrogens with zero attached hydrogens (tertiary/aromatic N) is 2. The first kappa shape index (κ1) is 20.5. The van der Waals surface area contributed by atoms with Crippen LogP contribution in [0.1, 0.15) is 17.3 Å². The first-order chi connectivity index (χ1) is 13.4. The molecule has 0 aromatic heterocycles. The lowest BCUT2D eigenvalue weighted by atomic mass is 10.2. The molecule has 8 heteroatoms. The monoisotopic (exact) mass is 465 g/mol. The number of ether oxygens (including phenoxy) is 1. The maximum Gasteiger partial charge on any atom is 0.255 e. The van der Waals surface area contributed by atoms with Gasteiger partial charge in [0.2, 0.25) is 5.91 Å². The molecule has 3 rings (SSSR count). The van der Waals surface area contributed by atoms with Gasteiger partial charge in [-0.1, -0.05) is 11.6 Å². The van der Waals surface area contributed by atoms with Crippen LogP contribution in [0, 0.1) is 0 Å². The standard InChI is InChI=1S/C20H21BrClN3O3/c1-13(26)24-7-9-25(10-8-24)18-5-4-15(12-17(18)22)23-20(27)14-3-6-19(28-2)16(21)11-14/h3-6,11-12H,7-10H2,1-2H3,(H,23,27). The molecule has 0 saturated carbocycles. The summed E-state index contributed by atoms with van der Waals surface area (Å²) >= 11 is 9.84. The number of hydrogen-bond donors (Lipinski definition) is 1. The van der Waals surface area contributed by atoms with Crippen molar-refractivity contribution in [3.63, 3.8) is 0 Å². The zero-order valence-electron chi connectivity index (χ0n) is 15.7. The highest BCUT2D eigenvalue weighted by molar-refractivity contribution is 9.10. The Balaban J connectivity index is 1.68. The summed E-state index contributed by atoms with van der Waals surface area (Å²) in [6.45, 7) is 4.39. The SMILES string of the molecule is COc1ccc(C(=O)Nc2ccc(N3CCN(C(C)=O)CC3)c(Cl)c2)cc1Br. The summed E-state index contributed by atoms with van der Waals surface area (Å²) in [4.78, 5) is 27.9. The fourth-order valence-electron chi connectivity index (χ4n) is 3.11. The number of carbonyl (C=O) groups is 2. The summed E-state index contributed by atoms with van der Waals surface area (Å²) in [5.41, 5.74) is 2.02. The predicted octanol–water partition coefficient (Wildman–Crippen LogP) is 4.03. The van der Waals surface area contributed by atoms with Crippen molar-refractivity contribution in [2.24, 2.45) is 0 Å². The number of anilines is 2. The number of halogens is 2. The van der Waals surface area contributed by atoms with E-state index in [1.54, 1.807) is 38.3 Å². The van der Waals surface area contributed by atoms with Gasteiger partial charge in [-0.15, -0.1) is 0 Å². The highest BCUT2D eigenvalue weighted by atomic mass is 79.9. The van der Waals surface area contributed by atoms with E-state index in [4.69, 9.17) is 16.3 Å². The van der Waals surface area contributed by atoms with Gasteiger partial charge in [-0.2, -0.15) is 0 Å². The molecule has 1 saturated heterocycles. The molecule has 1 N–H and O–H groups in total. The van der Waals surface area contributed by atoms with Crippen LogP contribution in [-0.4, -0.2) is 50.0 Å². The second-order valence-electron chi connectivity index (χ2n) is 6.46. The van der Waals surface area contributed by atoms with Gasteiger partial charge in [0.15, 0.2) is 0 Å². The molecule has 1 aliphatic heterocycles. The molecule has 0 unspecified atom stereocenters. The Labute approximate surface area is 177 Å². The summed E-state index contributed by atoms with van der Waals surface area (Å²) in [6, 6.07) is 10.6. The number of carbonyl (C=O) groups excluding carboxylic acids is 2. The lowest BCUT2D eigenvalue weighted by Crippen LogP contribution is -2.48. The van der Waals surface area contributed by atoms with E-state index in [2.05, 4.69) is 26.1 Å². The first-order valence-electron chi connectivity index (χ1n) is 8.84. The number of nitrogens with one attached hydrogen (secondary N) is 1. The van der Waals surface area contributed by atoms with E-state index in [0.717, 1.165) is 18.8 Å². The average Bonchev–Trinajstić information content (AvgIpc) is 2.68. The summed E-state index contributed by atoms with van der Waals surface area (Å²) in [5, 5.41) is 3.42. The second kappa shape index (κ2) is 8.84. The van der Waals surface area contributed by atoms with Crippen LogP contribution in [0.5, 0.6) is 5.75 Å². The highest BCUT2D eigenvalue weighted by Crippen LogP contribution is 2.30. The number of benzene rings is 2. The third kappa shape index (κ3) is 4.59. The molecule has 2 amide bonds. The molecular weight excluding hydrogens is 446 g/mol. The van der Waals surface area contributed by atoms with E-state index >= 15 is 0 Å². The normalized spacial score (nSPS) is 14.0. The third-order valence-corrected chi connectivity index (χ3v) is 5.61. The molecule has 0 radical (unpaired) electrons. The topological polar surface area (TPSA) is 61.9 Å². The molecule has 1 fully saturated rings. The van der Waals surface area contributed by atoms with Gasteiger partial charge in [0.05, 0.1) is 22.3 Å². The smallest absolute Gasteiger partial charge is 0.255 e. The third-order valence-electron chi connectivity index (χ3n) is 4.69. The lowest BCUT2D eigenvalue weighted by Gasteiger charge is -2.36. The van der Waals surface area contributed by atoms with Crippen molar-refractivity contribution < 1.29 is 14.3 Å². The number of methoxy groups -OCH3 is 1. The van der Waals surface area contributed by atoms with Gasteiger partial charge in [-0.05, 0) is 52.3 Å². The van der Waals surface area contributed by atoms with Gasteiger partial charge in [0.25, 0.3) is 5.91 Å². The van der Waals surface area contributed by atoms with Gasteiger partial charge >= 0.3 is 0 Å². The minimum Gasteiger partial charge on any atom is -0.496 e. The largest absolute Gasteiger partial charge is 0.496 e. The van der Waals surface area contributed by atoms with Crippen molar-refractivity contribution in [1.82, 2.24) is 4.90 Å². The van der Waals surface area contributed by atoms with Gasteiger partial charge in [-0.25, -0.2) is 0 Å². The van der Waals surface area contributed by atoms with Crippen molar-refractivity contribution in [1.29, 1.82) is 0 Å². The summed E-state index contributed by atoms with van der Waals surface area (Å²) < 4.78 is 5.89. The predicted molar refractivity (Wildman–Crippen MR) is 115 cm³/mol. The first-order valence-corrected chi connectivity index (χ1v) is 10.0. The van der Waals surface area contributed by atoms with Crippen LogP contribution in [0.25, 0.3) is 0 Å². The second-order valence-corrected chi connectivity index (χ2v) is 7.72. The Morgan fingerprint density at radius 1 is 1.11 bits per heavy atom. The van der Waals surface area contributed by atoms with Crippen LogP contribution in [0.4, 0.5) is 11.4 Å². The number of piperazine rings is 1. The zero-order chi connectivity index (χ0) is 20.3. The van der Waals surface area contributed by atoms with E-state index in [1.807, 2.05) is 17.0 Å². The Bertz CT molecular complexity index is 898. The van der Waals surface area contributed by atoms with E-state index in [1.165, 1.54) is 0 Å². The van der Waals surface area contributed by atoms with Crippen molar-refractivity contribution in [3.8, 4) is 5.75 Å². The quantitative estimate of drug-likeness (QED) is 0.739. The van der Waals surface area contributed by atoms with Gasteiger partial charge in [-0.3, -0.25) is 9.59 Å². The van der Waals surface area contributed by atoms with Gasteiger partial charge < -0.3 is 19.9 Å².